The number of carbonyl (C=O) groups excluding carboxylic acids is 2. The maximum atomic E-state index is 15.4. The van der Waals surface area contributed by atoms with E-state index in [1.807, 2.05) is 13.8 Å². The van der Waals surface area contributed by atoms with Gasteiger partial charge in [-0.3, -0.25) is 23.9 Å². The van der Waals surface area contributed by atoms with E-state index in [1.165, 1.54) is 55.5 Å². The molecule has 0 spiro atoms. The molecular weight excluding hydrogens is 650 g/mol. The van der Waals surface area contributed by atoms with E-state index in [9.17, 15) is 23.6 Å². The number of nitrogens with zero attached hydrogens (tertiary/aromatic N) is 5. The number of rotatable bonds is 8. The molecule has 1 saturated heterocycles. The number of benzene rings is 2. The highest BCUT2D eigenvalue weighted by molar-refractivity contribution is 6.04. The third-order valence-corrected chi connectivity index (χ3v) is 8.04. The van der Waals surface area contributed by atoms with Gasteiger partial charge in [0.1, 0.15) is 35.1 Å². The van der Waals surface area contributed by atoms with Gasteiger partial charge in [0.05, 0.1) is 11.2 Å². The van der Waals surface area contributed by atoms with Gasteiger partial charge in [-0.05, 0) is 50.2 Å². The molecule has 2 aromatic heterocycles. The zero-order valence-corrected chi connectivity index (χ0v) is 27.9. The van der Waals surface area contributed by atoms with Crippen molar-refractivity contribution in [1.29, 1.82) is 0 Å². The van der Waals surface area contributed by atoms with E-state index in [4.69, 9.17) is 10.5 Å². The Bertz CT molecular complexity index is 2110. The van der Waals surface area contributed by atoms with Gasteiger partial charge in [0.2, 0.25) is 5.91 Å². The molecule has 0 saturated carbocycles. The monoisotopic (exact) mass is 686 g/mol. The van der Waals surface area contributed by atoms with Crippen molar-refractivity contribution >= 4 is 23.3 Å². The molecule has 15 heteroatoms. The van der Waals surface area contributed by atoms with Gasteiger partial charge < -0.3 is 26.0 Å². The number of hydrogen-bond donors (Lipinski definition) is 3. The predicted octanol–water partition coefficient (Wildman–Crippen LogP) is 2.42. The highest BCUT2D eigenvalue weighted by atomic mass is 19.1. The van der Waals surface area contributed by atoms with Crippen molar-refractivity contribution in [2.75, 3.05) is 51.3 Å². The van der Waals surface area contributed by atoms with Crippen molar-refractivity contribution in [3.05, 3.63) is 105 Å². The number of pyridine rings is 1. The molecule has 4 N–H and O–H groups in total. The minimum absolute atomic E-state index is 0.0252. The highest BCUT2D eigenvalue weighted by Gasteiger charge is 2.26. The molecule has 3 heterocycles. The van der Waals surface area contributed by atoms with E-state index < -0.39 is 52.3 Å². The zero-order valence-electron chi connectivity index (χ0n) is 27.9. The van der Waals surface area contributed by atoms with Crippen molar-refractivity contribution in [2.45, 2.75) is 25.9 Å². The van der Waals surface area contributed by atoms with Gasteiger partial charge in [-0.2, -0.15) is 0 Å². The van der Waals surface area contributed by atoms with Crippen LogP contribution in [0.5, 0.6) is 11.5 Å². The number of amides is 2. The summed E-state index contributed by atoms with van der Waals surface area (Å²) in [5.74, 6) is 3.43. The fraction of sp³-hybridized carbons (Fsp3) is 0.286. The zero-order chi connectivity index (χ0) is 36.2. The second kappa shape index (κ2) is 14.7. The van der Waals surface area contributed by atoms with E-state index in [2.05, 4.69) is 32.4 Å². The lowest BCUT2D eigenvalue weighted by Gasteiger charge is -2.37. The molecule has 0 aliphatic carbocycles. The lowest BCUT2D eigenvalue weighted by atomic mass is 10.0. The molecular formula is C35H36F2N8O5. The van der Waals surface area contributed by atoms with Crippen molar-refractivity contribution in [3.8, 4) is 29.0 Å². The van der Waals surface area contributed by atoms with Gasteiger partial charge in [0.15, 0.2) is 11.6 Å². The first-order valence-corrected chi connectivity index (χ1v) is 15.6. The normalized spacial score (nSPS) is 13.2. The first kappa shape index (κ1) is 35.5. The van der Waals surface area contributed by atoms with Gasteiger partial charge in [-0.25, -0.2) is 23.1 Å². The van der Waals surface area contributed by atoms with Gasteiger partial charge in [0.25, 0.3) is 11.5 Å². The summed E-state index contributed by atoms with van der Waals surface area (Å²) in [7, 11) is 2.96. The van der Waals surface area contributed by atoms with Crippen LogP contribution in [0.25, 0.3) is 5.69 Å². The van der Waals surface area contributed by atoms with E-state index in [1.54, 1.807) is 0 Å². The Balaban J connectivity index is 1.42. The summed E-state index contributed by atoms with van der Waals surface area (Å²) in [6, 6.07) is 9.58. The molecule has 2 amide bonds. The number of likely N-dealkylation sites (N-methyl/N-ethyl adjacent to an activating group) is 1. The molecule has 1 fully saturated rings. The number of nitrogens with two attached hydrogens (primary N) is 1. The second-order valence-corrected chi connectivity index (χ2v) is 12.2. The summed E-state index contributed by atoms with van der Waals surface area (Å²) in [6.07, 6.45) is 2.36. The fourth-order valence-electron chi connectivity index (χ4n) is 5.14. The number of anilines is 2. The van der Waals surface area contributed by atoms with Gasteiger partial charge in [-0.1, -0.05) is 11.8 Å². The van der Waals surface area contributed by atoms with Crippen LogP contribution in [-0.2, 0) is 11.3 Å². The Labute approximate surface area is 286 Å². The fourth-order valence-corrected chi connectivity index (χ4v) is 5.14. The average molecular weight is 687 g/mol. The number of halogens is 2. The van der Waals surface area contributed by atoms with Crippen LogP contribution >= 0.6 is 0 Å². The minimum Gasteiger partial charge on any atom is -0.453 e. The Kier molecular flexibility index (Phi) is 10.4. The number of nitrogens with one attached hydrogen (secondary N) is 2. The Hall–Kier alpha value is -5.85. The third-order valence-electron chi connectivity index (χ3n) is 8.04. The SMILES string of the molecule is CN(C)C(=O)Cn1cc(C(=O)Nc2ccc(Oc3ccnc(N)c3C#CC(C)(C)N3CCNCC3)c(F)c2)c(=O)n(-c2ccc(F)cc2)c1=O. The molecule has 0 radical (unpaired) electrons. The van der Waals surface area contributed by atoms with Crippen LogP contribution < -0.4 is 32.4 Å². The molecule has 5 rings (SSSR count). The number of aromatic nitrogens is 3. The minimum atomic E-state index is -1.03. The van der Waals surface area contributed by atoms with Crippen molar-refractivity contribution in [1.82, 2.24) is 29.2 Å². The van der Waals surface area contributed by atoms with Crippen LogP contribution in [-0.4, -0.2) is 81.5 Å². The molecule has 1 aliphatic heterocycles. The van der Waals surface area contributed by atoms with E-state index >= 15 is 4.39 Å². The summed E-state index contributed by atoms with van der Waals surface area (Å²) < 4.78 is 36.4. The van der Waals surface area contributed by atoms with Crippen LogP contribution in [0.3, 0.4) is 0 Å². The number of ether oxygens (including phenoxy) is 1. The largest absolute Gasteiger partial charge is 0.453 e. The quantitative estimate of drug-likeness (QED) is 0.237. The van der Waals surface area contributed by atoms with Gasteiger partial charge in [0, 0.05) is 70.5 Å². The molecule has 0 atom stereocenters. The number of carbonyl (C=O) groups is 2. The van der Waals surface area contributed by atoms with E-state index in [0.717, 1.165) is 55.1 Å². The van der Waals surface area contributed by atoms with E-state index in [0.29, 0.717) is 4.57 Å². The lowest BCUT2D eigenvalue weighted by molar-refractivity contribution is -0.129. The molecule has 2 aromatic carbocycles. The van der Waals surface area contributed by atoms with E-state index in [-0.39, 0.29) is 34.3 Å². The number of piperazine rings is 1. The van der Waals surface area contributed by atoms with Crippen LogP contribution in [0.4, 0.5) is 20.3 Å². The Morgan fingerprint density at radius 1 is 1.06 bits per heavy atom. The van der Waals surface area contributed by atoms with Crippen molar-refractivity contribution in [3.63, 3.8) is 0 Å². The molecule has 13 nitrogen and oxygen atoms in total. The van der Waals surface area contributed by atoms with Crippen molar-refractivity contribution < 1.29 is 23.1 Å². The molecule has 1 aliphatic rings. The van der Waals surface area contributed by atoms with Crippen LogP contribution in [0.1, 0.15) is 29.8 Å². The van der Waals surface area contributed by atoms with Crippen LogP contribution in [0, 0.1) is 23.5 Å². The molecule has 260 valence electrons. The first-order valence-electron chi connectivity index (χ1n) is 15.6. The predicted molar refractivity (Wildman–Crippen MR) is 183 cm³/mol. The number of hydrogen-bond acceptors (Lipinski definition) is 9. The topological polar surface area (TPSA) is 157 Å². The Morgan fingerprint density at radius 2 is 1.76 bits per heavy atom. The summed E-state index contributed by atoms with van der Waals surface area (Å²) in [5, 5.41) is 5.76. The van der Waals surface area contributed by atoms with Crippen molar-refractivity contribution in [2.24, 2.45) is 0 Å². The standard InChI is InChI=1S/C35H36F2N8O5/c1-35(2,44-17-15-39-16-18-44)13-11-25-28(12-14-40-31(25)38)50-29-10-7-23(19-27(29)37)41-32(47)26-20-43(21-30(46)42(3)4)34(49)45(33(26)48)24-8-5-22(36)6-9-24/h5-10,12,14,19-20,39H,15-18,21H2,1-4H3,(H2,38,40)(H,41,47). The first-order chi connectivity index (χ1) is 23.7. The Morgan fingerprint density at radius 3 is 2.42 bits per heavy atom. The van der Waals surface area contributed by atoms with Crippen LogP contribution in [0.15, 0.2) is 70.5 Å². The average Bonchev–Trinajstić information content (AvgIpc) is 3.08. The molecule has 50 heavy (non-hydrogen) atoms. The molecule has 0 unspecified atom stereocenters. The lowest BCUT2D eigenvalue weighted by Crippen LogP contribution is -2.52. The second-order valence-electron chi connectivity index (χ2n) is 12.2. The maximum Gasteiger partial charge on any atom is 0.336 e. The maximum absolute atomic E-state index is 15.4. The smallest absolute Gasteiger partial charge is 0.336 e. The van der Waals surface area contributed by atoms with Gasteiger partial charge in [-0.15, -0.1) is 0 Å². The molecule has 0 bridgehead atoms. The summed E-state index contributed by atoms with van der Waals surface area (Å²) in [6.45, 7) is 6.86. The molecule has 4 aromatic rings. The summed E-state index contributed by atoms with van der Waals surface area (Å²) >= 11 is 0. The van der Waals surface area contributed by atoms with Crippen LogP contribution in [0.2, 0.25) is 0 Å². The van der Waals surface area contributed by atoms with Gasteiger partial charge >= 0.3 is 5.69 Å². The third kappa shape index (κ3) is 7.88. The summed E-state index contributed by atoms with van der Waals surface area (Å²) in [4.78, 5) is 60.1. The summed E-state index contributed by atoms with van der Waals surface area (Å²) in [5.41, 5.74) is 3.40. The number of nitrogen functional groups attached to an aromatic ring is 1. The highest BCUT2D eigenvalue weighted by Crippen LogP contribution is 2.31.